The van der Waals surface area contributed by atoms with Gasteiger partial charge in [0.25, 0.3) is 0 Å². The SMILES string of the molecule is Cc1cc(C)c(NC(=O)CCCOc2ccc(Cl)cc2C)c(C)c1. The molecule has 0 unspecified atom stereocenters. The average molecular weight is 346 g/mol. The maximum absolute atomic E-state index is 12.1. The Bertz CT molecular complexity index is 717. The van der Waals surface area contributed by atoms with Crippen molar-refractivity contribution >= 4 is 23.2 Å². The molecule has 2 rings (SSSR count). The molecule has 0 aromatic heterocycles. The molecule has 0 aliphatic heterocycles. The smallest absolute Gasteiger partial charge is 0.224 e. The second-order valence-corrected chi connectivity index (χ2v) is 6.62. The van der Waals surface area contributed by atoms with E-state index in [-0.39, 0.29) is 5.91 Å². The topological polar surface area (TPSA) is 38.3 Å². The predicted molar refractivity (Wildman–Crippen MR) is 100 cm³/mol. The van der Waals surface area contributed by atoms with E-state index in [9.17, 15) is 4.79 Å². The highest BCUT2D eigenvalue weighted by Gasteiger charge is 2.08. The molecule has 0 fully saturated rings. The lowest BCUT2D eigenvalue weighted by atomic mass is 10.0. The van der Waals surface area contributed by atoms with E-state index in [1.807, 2.05) is 32.9 Å². The van der Waals surface area contributed by atoms with Crippen molar-refractivity contribution in [2.45, 2.75) is 40.5 Å². The molecule has 0 heterocycles. The summed E-state index contributed by atoms with van der Waals surface area (Å²) in [7, 11) is 0. The van der Waals surface area contributed by atoms with E-state index in [1.54, 1.807) is 6.07 Å². The number of anilines is 1. The van der Waals surface area contributed by atoms with Crippen molar-refractivity contribution in [3.8, 4) is 5.75 Å². The maximum atomic E-state index is 12.1. The Labute approximate surface area is 149 Å². The van der Waals surface area contributed by atoms with Crippen molar-refractivity contribution in [2.24, 2.45) is 0 Å². The van der Waals surface area contributed by atoms with Crippen molar-refractivity contribution in [3.63, 3.8) is 0 Å². The Balaban J connectivity index is 1.82. The summed E-state index contributed by atoms with van der Waals surface area (Å²) in [6.45, 7) is 8.55. The number of hydrogen-bond donors (Lipinski definition) is 1. The van der Waals surface area contributed by atoms with E-state index in [0.29, 0.717) is 24.5 Å². The van der Waals surface area contributed by atoms with Crippen molar-refractivity contribution < 1.29 is 9.53 Å². The Kier molecular flexibility index (Phi) is 6.27. The van der Waals surface area contributed by atoms with Crippen LogP contribution >= 0.6 is 11.6 Å². The maximum Gasteiger partial charge on any atom is 0.224 e. The fourth-order valence-corrected chi connectivity index (χ4v) is 3.00. The molecular weight excluding hydrogens is 322 g/mol. The van der Waals surface area contributed by atoms with Crippen molar-refractivity contribution in [2.75, 3.05) is 11.9 Å². The van der Waals surface area contributed by atoms with Gasteiger partial charge < -0.3 is 10.1 Å². The molecule has 3 nitrogen and oxygen atoms in total. The van der Waals surface area contributed by atoms with Gasteiger partial charge in [-0.15, -0.1) is 0 Å². The zero-order chi connectivity index (χ0) is 17.7. The van der Waals surface area contributed by atoms with Crippen LogP contribution in [0.3, 0.4) is 0 Å². The third kappa shape index (κ3) is 5.00. The number of rotatable bonds is 6. The van der Waals surface area contributed by atoms with Crippen LogP contribution in [-0.4, -0.2) is 12.5 Å². The normalized spacial score (nSPS) is 10.5. The van der Waals surface area contributed by atoms with Crippen LogP contribution in [0.2, 0.25) is 5.02 Å². The van der Waals surface area contributed by atoms with Gasteiger partial charge >= 0.3 is 0 Å². The third-order valence-corrected chi connectivity index (χ3v) is 4.12. The number of hydrogen-bond acceptors (Lipinski definition) is 2. The summed E-state index contributed by atoms with van der Waals surface area (Å²) in [6, 6.07) is 9.69. The molecule has 2 aromatic rings. The van der Waals surface area contributed by atoms with Crippen LogP contribution < -0.4 is 10.1 Å². The zero-order valence-corrected chi connectivity index (χ0v) is 15.5. The molecular formula is C20H24ClNO2. The molecule has 0 bridgehead atoms. The molecule has 0 saturated carbocycles. The second-order valence-electron chi connectivity index (χ2n) is 6.18. The number of benzene rings is 2. The molecule has 1 amide bonds. The van der Waals surface area contributed by atoms with Gasteiger partial charge in [-0.2, -0.15) is 0 Å². The number of nitrogens with one attached hydrogen (secondary N) is 1. The summed E-state index contributed by atoms with van der Waals surface area (Å²) >= 11 is 5.92. The number of amides is 1. The van der Waals surface area contributed by atoms with Gasteiger partial charge in [-0.25, -0.2) is 0 Å². The molecule has 4 heteroatoms. The van der Waals surface area contributed by atoms with E-state index in [2.05, 4.69) is 24.4 Å². The predicted octanol–water partition coefficient (Wildman–Crippen LogP) is 5.37. The van der Waals surface area contributed by atoms with Gasteiger partial charge in [-0.3, -0.25) is 4.79 Å². The molecule has 24 heavy (non-hydrogen) atoms. The Morgan fingerprint density at radius 1 is 1.04 bits per heavy atom. The van der Waals surface area contributed by atoms with Crippen LogP contribution in [0.4, 0.5) is 5.69 Å². The summed E-state index contributed by atoms with van der Waals surface area (Å²) in [4.78, 5) is 12.1. The zero-order valence-electron chi connectivity index (χ0n) is 14.7. The Morgan fingerprint density at radius 3 is 2.33 bits per heavy atom. The summed E-state index contributed by atoms with van der Waals surface area (Å²) in [6.07, 6.45) is 1.09. The largest absolute Gasteiger partial charge is 0.493 e. The van der Waals surface area contributed by atoms with Crippen LogP contribution in [0.5, 0.6) is 5.75 Å². The van der Waals surface area contributed by atoms with E-state index in [4.69, 9.17) is 16.3 Å². The van der Waals surface area contributed by atoms with Crippen molar-refractivity contribution in [3.05, 3.63) is 57.6 Å². The van der Waals surface area contributed by atoms with Gasteiger partial charge in [-0.05, 0) is 69.0 Å². The van der Waals surface area contributed by atoms with E-state index in [0.717, 1.165) is 28.1 Å². The van der Waals surface area contributed by atoms with E-state index < -0.39 is 0 Å². The van der Waals surface area contributed by atoms with E-state index in [1.165, 1.54) is 5.56 Å². The number of carbonyl (C=O) groups is 1. The summed E-state index contributed by atoms with van der Waals surface area (Å²) in [5, 5.41) is 3.71. The Hall–Kier alpha value is -2.00. The van der Waals surface area contributed by atoms with Crippen LogP contribution in [0.1, 0.15) is 35.1 Å². The lowest BCUT2D eigenvalue weighted by molar-refractivity contribution is -0.116. The first-order chi connectivity index (χ1) is 11.4. The van der Waals surface area contributed by atoms with Crippen molar-refractivity contribution in [1.29, 1.82) is 0 Å². The number of ether oxygens (including phenoxy) is 1. The molecule has 2 aromatic carbocycles. The number of halogens is 1. The minimum absolute atomic E-state index is 0.0153. The molecule has 0 spiro atoms. The first-order valence-electron chi connectivity index (χ1n) is 8.13. The molecule has 128 valence electrons. The first kappa shape index (κ1) is 18.3. The molecule has 0 aliphatic rings. The standard InChI is InChI=1S/C20H24ClNO2/c1-13-10-15(3)20(16(4)11-13)22-19(23)6-5-9-24-18-8-7-17(21)12-14(18)2/h7-8,10-12H,5-6,9H2,1-4H3,(H,22,23). The highest BCUT2D eigenvalue weighted by Crippen LogP contribution is 2.23. The lowest BCUT2D eigenvalue weighted by Crippen LogP contribution is -2.14. The van der Waals surface area contributed by atoms with Crippen LogP contribution in [0, 0.1) is 27.7 Å². The van der Waals surface area contributed by atoms with E-state index >= 15 is 0 Å². The van der Waals surface area contributed by atoms with Crippen molar-refractivity contribution in [1.82, 2.24) is 0 Å². The lowest BCUT2D eigenvalue weighted by Gasteiger charge is -2.13. The van der Waals surface area contributed by atoms with Gasteiger partial charge in [0.2, 0.25) is 5.91 Å². The number of carbonyl (C=O) groups excluding carboxylic acids is 1. The van der Waals surface area contributed by atoms with Gasteiger partial charge in [0.05, 0.1) is 6.61 Å². The third-order valence-electron chi connectivity index (χ3n) is 3.88. The summed E-state index contributed by atoms with van der Waals surface area (Å²) in [5.41, 5.74) is 5.30. The summed E-state index contributed by atoms with van der Waals surface area (Å²) in [5.74, 6) is 0.825. The number of aryl methyl sites for hydroxylation is 4. The molecule has 0 atom stereocenters. The average Bonchev–Trinajstić information content (AvgIpc) is 2.49. The highest BCUT2D eigenvalue weighted by molar-refractivity contribution is 6.30. The fraction of sp³-hybridized carbons (Fsp3) is 0.350. The molecule has 0 aliphatic carbocycles. The monoisotopic (exact) mass is 345 g/mol. The van der Waals surface area contributed by atoms with Crippen LogP contribution in [0.15, 0.2) is 30.3 Å². The Morgan fingerprint density at radius 2 is 1.71 bits per heavy atom. The van der Waals surface area contributed by atoms with Gasteiger partial charge in [0, 0.05) is 17.1 Å². The fourth-order valence-electron chi connectivity index (χ4n) is 2.77. The quantitative estimate of drug-likeness (QED) is 0.714. The highest BCUT2D eigenvalue weighted by atomic mass is 35.5. The molecule has 0 saturated heterocycles. The first-order valence-corrected chi connectivity index (χ1v) is 8.51. The minimum Gasteiger partial charge on any atom is -0.493 e. The summed E-state index contributed by atoms with van der Waals surface area (Å²) < 4.78 is 5.72. The van der Waals surface area contributed by atoms with Gasteiger partial charge in [0.1, 0.15) is 5.75 Å². The second kappa shape index (κ2) is 8.20. The minimum atomic E-state index is 0.0153. The van der Waals surface area contributed by atoms with Gasteiger partial charge in [-0.1, -0.05) is 29.3 Å². The molecule has 0 radical (unpaired) electrons. The molecule has 1 N–H and O–H groups in total. The van der Waals surface area contributed by atoms with Crippen LogP contribution in [-0.2, 0) is 4.79 Å². The van der Waals surface area contributed by atoms with Crippen LogP contribution in [0.25, 0.3) is 0 Å². The van der Waals surface area contributed by atoms with Gasteiger partial charge in [0.15, 0.2) is 0 Å².